The average Bonchev–Trinajstić information content (AvgIpc) is 2.65. The van der Waals surface area contributed by atoms with Crippen LogP contribution in [0.2, 0.25) is 0 Å². The molecular formula is C8H5FN2O3. The number of halogens is 1. The molecule has 6 heteroatoms. The van der Waals surface area contributed by atoms with Crippen LogP contribution in [0.15, 0.2) is 38.6 Å². The minimum atomic E-state index is -1.04. The van der Waals surface area contributed by atoms with Crippen molar-refractivity contribution in [2.24, 2.45) is 0 Å². The molecule has 5 nitrogen and oxygen atoms in total. The van der Waals surface area contributed by atoms with Crippen LogP contribution in [0.25, 0.3) is 5.88 Å². The van der Waals surface area contributed by atoms with E-state index in [1.54, 1.807) is 0 Å². The molecule has 0 aliphatic rings. The summed E-state index contributed by atoms with van der Waals surface area (Å²) in [5.74, 6) is -1.06. The van der Waals surface area contributed by atoms with Gasteiger partial charge in [-0.1, -0.05) is 0 Å². The summed E-state index contributed by atoms with van der Waals surface area (Å²) in [6.07, 6.45) is 2.00. The van der Waals surface area contributed by atoms with Crippen LogP contribution in [-0.4, -0.2) is 9.55 Å². The van der Waals surface area contributed by atoms with Crippen LogP contribution in [0.5, 0.6) is 0 Å². The Labute approximate surface area is 76.4 Å². The summed E-state index contributed by atoms with van der Waals surface area (Å²) in [5, 5.41) is 0. The Kier molecular flexibility index (Phi) is 1.81. The van der Waals surface area contributed by atoms with Crippen molar-refractivity contribution in [3.63, 3.8) is 0 Å². The van der Waals surface area contributed by atoms with E-state index in [0.29, 0.717) is 10.8 Å². The zero-order valence-electron chi connectivity index (χ0n) is 6.86. The second-order valence-electron chi connectivity index (χ2n) is 2.53. The first-order valence-corrected chi connectivity index (χ1v) is 3.74. The second-order valence-corrected chi connectivity index (χ2v) is 2.53. The summed E-state index contributed by atoms with van der Waals surface area (Å²) in [4.78, 5) is 24.4. The lowest BCUT2D eigenvalue weighted by molar-refractivity contribution is 0.509. The van der Waals surface area contributed by atoms with Gasteiger partial charge < -0.3 is 9.40 Å². The predicted molar refractivity (Wildman–Crippen MR) is 44.9 cm³/mol. The van der Waals surface area contributed by atoms with Gasteiger partial charge in [0.25, 0.3) is 5.56 Å². The molecule has 2 aromatic heterocycles. The molecule has 0 aliphatic carbocycles. The van der Waals surface area contributed by atoms with Crippen molar-refractivity contribution in [3.8, 4) is 5.88 Å². The Morgan fingerprint density at radius 2 is 2.21 bits per heavy atom. The highest BCUT2D eigenvalue weighted by atomic mass is 19.1. The number of hydrogen-bond acceptors (Lipinski definition) is 3. The molecule has 0 fully saturated rings. The van der Waals surface area contributed by atoms with Crippen molar-refractivity contribution in [1.82, 2.24) is 9.55 Å². The highest BCUT2D eigenvalue weighted by molar-refractivity contribution is 5.17. The van der Waals surface area contributed by atoms with Crippen molar-refractivity contribution >= 4 is 0 Å². The standard InChI is InChI=1S/C8H5FN2O3/c9-5-4-10-8(13)11(7(5)12)6-2-1-3-14-6/h1-4H,(H,10,13). The number of furan rings is 1. The molecule has 0 bridgehead atoms. The van der Waals surface area contributed by atoms with E-state index in [-0.39, 0.29) is 5.88 Å². The van der Waals surface area contributed by atoms with Gasteiger partial charge in [-0.3, -0.25) is 4.79 Å². The highest BCUT2D eigenvalue weighted by Gasteiger charge is 2.10. The van der Waals surface area contributed by atoms with Gasteiger partial charge in [0.2, 0.25) is 11.7 Å². The van der Waals surface area contributed by atoms with Crippen molar-refractivity contribution in [1.29, 1.82) is 0 Å². The molecule has 0 spiro atoms. The lowest BCUT2D eigenvalue weighted by atomic mass is 10.5. The number of nitrogens with one attached hydrogen (secondary N) is 1. The van der Waals surface area contributed by atoms with Gasteiger partial charge in [-0.05, 0) is 6.07 Å². The summed E-state index contributed by atoms with van der Waals surface area (Å²) in [6, 6.07) is 2.88. The van der Waals surface area contributed by atoms with Gasteiger partial charge in [-0.2, -0.15) is 8.96 Å². The Balaban J connectivity index is 2.82. The number of rotatable bonds is 1. The largest absolute Gasteiger partial charge is 0.448 e. The fourth-order valence-electron chi connectivity index (χ4n) is 1.05. The molecule has 0 saturated carbocycles. The molecule has 14 heavy (non-hydrogen) atoms. The molecule has 0 saturated heterocycles. The number of nitrogens with zero attached hydrogens (tertiary/aromatic N) is 1. The lowest BCUT2D eigenvalue weighted by Crippen LogP contribution is -2.34. The molecule has 2 rings (SSSR count). The molecule has 0 radical (unpaired) electrons. The summed E-state index contributed by atoms with van der Waals surface area (Å²) >= 11 is 0. The quantitative estimate of drug-likeness (QED) is 0.711. The minimum absolute atomic E-state index is 0.0178. The van der Waals surface area contributed by atoms with Gasteiger partial charge in [0.15, 0.2) is 0 Å². The number of aromatic nitrogens is 2. The van der Waals surface area contributed by atoms with E-state index in [4.69, 9.17) is 4.42 Å². The lowest BCUT2D eigenvalue weighted by Gasteiger charge is -1.98. The molecule has 72 valence electrons. The monoisotopic (exact) mass is 196 g/mol. The van der Waals surface area contributed by atoms with Crippen LogP contribution in [0.3, 0.4) is 0 Å². The van der Waals surface area contributed by atoms with E-state index in [1.807, 2.05) is 0 Å². The van der Waals surface area contributed by atoms with E-state index in [1.165, 1.54) is 18.4 Å². The van der Waals surface area contributed by atoms with Gasteiger partial charge in [0, 0.05) is 12.3 Å². The van der Waals surface area contributed by atoms with Crippen LogP contribution in [0.1, 0.15) is 0 Å². The molecular weight excluding hydrogens is 191 g/mol. The summed E-state index contributed by atoms with van der Waals surface area (Å²) in [5.41, 5.74) is -1.78. The van der Waals surface area contributed by atoms with Crippen molar-refractivity contribution < 1.29 is 8.81 Å². The Morgan fingerprint density at radius 1 is 1.43 bits per heavy atom. The van der Waals surface area contributed by atoms with E-state index in [2.05, 4.69) is 4.98 Å². The summed E-state index contributed by atoms with van der Waals surface area (Å²) in [6.45, 7) is 0. The zero-order valence-corrected chi connectivity index (χ0v) is 6.86. The molecule has 0 aromatic carbocycles. The first kappa shape index (κ1) is 8.49. The molecule has 0 atom stereocenters. The van der Waals surface area contributed by atoms with Crippen molar-refractivity contribution in [3.05, 3.63) is 51.2 Å². The average molecular weight is 196 g/mol. The third kappa shape index (κ3) is 1.17. The smallest absolute Gasteiger partial charge is 0.335 e. The van der Waals surface area contributed by atoms with E-state index in [9.17, 15) is 14.0 Å². The van der Waals surface area contributed by atoms with Gasteiger partial charge in [-0.15, -0.1) is 0 Å². The third-order valence-electron chi connectivity index (χ3n) is 1.66. The van der Waals surface area contributed by atoms with Gasteiger partial charge in [0.05, 0.1) is 6.26 Å². The minimum Gasteiger partial charge on any atom is -0.448 e. The maximum Gasteiger partial charge on any atom is 0.335 e. The van der Waals surface area contributed by atoms with Gasteiger partial charge in [-0.25, -0.2) is 4.79 Å². The van der Waals surface area contributed by atoms with Gasteiger partial charge in [0.1, 0.15) is 0 Å². The molecule has 0 aliphatic heterocycles. The number of aromatic amines is 1. The predicted octanol–water partition coefficient (Wildman–Crippen LogP) is 0.258. The zero-order chi connectivity index (χ0) is 10.1. The molecule has 0 unspecified atom stereocenters. The van der Waals surface area contributed by atoms with Crippen LogP contribution in [0, 0.1) is 5.82 Å². The van der Waals surface area contributed by atoms with Gasteiger partial charge >= 0.3 is 5.69 Å². The maximum absolute atomic E-state index is 12.8. The SMILES string of the molecule is O=c1[nH]cc(F)c(=O)n1-c1ccco1. The van der Waals surface area contributed by atoms with E-state index < -0.39 is 17.1 Å². The fraction of sp³-hybridized carbons (Fsp3) is 0. The van der Waals surface area contributed by atoms with E-state index in [0.717, 1.165) is 0 Å². The van der Waals surface area contributed by atoms with Crippen molar-refractivity contribution in [2.45, 2.75) is 0 Å². The molecule has 2 aromatic rings. The molecule has 0 amide bonds. The summed E-state index contributed by atoms with van der Waals surface area (Å²) in [7, 11) is 0. The maximum atomic E-state index is 12.8. The van der Waals surface area contributed by atoms with Crippen LogP contribution in [0.4, 0.5) is 4.39 Å². The fourth-order valence-corrected chi connectivity index (χ4v) is 1.05. The van der Waals surface area contributed by atoms with Crippen LogP contribution < -0.4 is 11.2 Å². The first-order chi connectivity index (χ1) is 6.70. The second kappa shape index (κ2) is 2.99. The van der Waals surface area contributed by atoms with Crippen LogP contribution in [-0.2, 0) is 0 Å². The molecule has 1 N–H and O–H groups in total. The van der Waals surface area contributed by atoms with Crippen LogP contribution >= 0.6 is 0 Å². The van der Waals surface area contributed by atoms with E-state index >= 15 is 0 Å². The Hall–Kier alpha value is -2.11. The molecule has 2 heterocycles. The Morgan fingerprint density at radius 3 is 2.86 bits per heavy atom. The number of hydrogen-bond donors (Lipinski definition) is 1. The van der Waals surface area contributed by atoms with Crippen molar-refractivity contribution in [2.75, 3.05) is 0 Å². The third-order valence-corrected chi connectivity index (χ3v) is 1.66. The Bertz CT molecular complexity index is 553. The number of H-pyrrole nitrogens is 1. The summed E-state index contributed by atoms with van der Waals surface area (Å²) < 4.78 is 18.2. The topological polar surface area (TPSA) is 68.0 Å². The highest BCUT2D eigenvalue weighted by Crippen LogP contribution is 2.01. The first-order valence-electron chi connectivity index (χ1n) is 3.74. The normalized spacial score (nSPS) is 10.4.